The fourth-order valence-electron chi connectivity index (χ4n) is 4.82. The minimum Gasteiger partial charge on any atom is -0.454 e. The van der Waals surface area contributed by atoms with E-state index < -0.39 is 12.1 Å². The Kier molecular flexibility index (Phi) is 5.67. The van der Waals surface area contributed by atoms with Gasteiger partial charge in [0.2, 0.25) is 5.78 Å². The van der Waals surface area contributed by atoms with Gasteiger partial charge in [-0.05, 0) is 74.6 Å². The van der Waals surface area contributed by atoms with Gasteiger partial charge in [0.15, 0.2) is 6.10 Å². The van der Waals surface area contributed by atoms with Crippen LogP contribution in [0.1, 0.15) is 70.4 Å². The van der Waals surface area contributed by atoms with Crippen molar-refractivity contribution in [2.24, 2.45) is 0 Å². The number of ether oxygens (including phenoxy) is 1. The molecule has 1 unspecified atom stereocenters. The molecule has 1 aromatic carbocycles. The van der Waals surface area contributed by atoms with Gasteiger partial charge < -0.3 is 9.72 Å². The molecule has 6 nitrogen and oxygen atoms in total. The highest BCUT2D eigenvalue weighted by Gasteiger charge is 2.23. The number of nitrogens with one attached hydrogen (secondary N) is 1. The molecule has 0 aliphatic heterocycles. The van der Waals surface area contributed by atoms with E-state index in [4.69, 9.17) is 4.74 Å². The lowest BCUT2D eigenvalue weighted by Crippen LogP contribution is -2.25. The molecule has 32 heavy (non-hydrogen) atoms. The topological polar surface area (TPSA) is 89.1 Å². The number of aromatic amines is 1. The molecular formula is C25H26N2O4S. The third-order valence-electron chi connectivity index (χ3n) is 6.50. The monoisotopic (exact) mass is 450 g/mol. The molecule has 2 aliphatic rings. The fraction of sp³-hybridized carbons (Fsp3) is 0.440. The van der Waals surface area contributed by atoms with Gasteiger partial charge in [-0.3, -0.25) is 14.4 Å². The Morgan fingerprint density at radius 3 is 2.81 bits per heavy atom. The Morgan fingerprint density at radius 2 is 1.94 bits per heavy atom. The maximum absolute atomic E-state index is 12.7. The van der Waals surface area contributed by atoms with Crippen molar-refractivity contribution in [3.63, 3.8) is 0 Å². The van der Waals surface area contributed by atoms with E-state index in [9.17, 15) is 14.4 Å². The van der Waals surface area contributed by atoms with Gasteiger partial charge in [-0.15, -0.1) is 11.3 Å². The van der Waals surface area contributed by atoms with Gasteiger partial charge >= 0.3 is 5.97 Å². The van der Waals surface area contributed by atoms with Crippen LogP contribution in [0.3, 0.4) is 0 Å². The van der Waals surface area contributed by atoms with Gasteiger partial charge in [0.25, 0.3) is 5.56 Å². The van der Waals surface area contributed by atoms with Crippen molar-refractivity contribution in [3.8, 4) is 0 Å². The van der Waals surface area contributed by atoms with E-state index in [2.05, 4.69) is 9.97 Å². The summed E-state index contributed by atoms with van der Waals surface area (Å²) >= 11 is 1.59. The Morgan fingerprint density at radius 1 is 1.12 bits per heavy atom. The van der Waals surface area contributed by atoms with Crippen molar-refractivity contribution < 1.29 is 14.3 Å². The number of aromatic nitrogens is 2. The van der Waals surface area contributed by atoms with Crippen LogP contribution in [0.2, 0.25) is 0 Å². The van der Waals surface area contributed by atoms with Crippen molar-refractivity contribution >= 4 is 33.3 Å². The highest BCUT2D eigenvalue weighted by Crippen LogP contribution is 2.33. The van der Waals surface area contributed by atoms with Crippen LogP contribution in [0.4, 0.5) is 0 Å². The number of thiophene rings is 1. The molecule has 7 heteroatoms. The fourth-order valence-corrected chi connectivity index (χ4v) is 6.10. The van der Waals surface area contributed by atoms with Crippen molar-refractivity contribution in [3.05, 3.63) is 61.5 Å². The third kappa shape index (κ3) is 4.01. The zero-order chi connectivity index (χ0) is 22.2. The van der Waals surface area contributed by atoms with Crippen LogP contribution in [0.15, 0.2) is 23.0 Å². The lowest BCUT2D eigenvalue weighted by atomic mass is 9.97. The number of hydrogen-bond acceptors (Lipinski definition) is 6. The van der Waals surface area contributed by atoms with E-state index in [1.54, 1.807) is 18.3 Å². The molecule has 0 saturated heterocycles. The predicted molar refractivity (Wildman–Crippen MR) is 124 cm³/mol. The summed E-state index contributed by atoms with van der Waals surface area (Å²) in [6.45, 7) is 1.61. The number of esters is 1. The molecule has 3 aromatic rings. The number of nitrogens with zero attached hydrogens (tertiary/aromatic N) is 1. The number of benzene rings is 1. The summed E-state index contributed by atoms with van der Waals surface area (Å²) in [5, 5.41) is 0.713. The zero-order valence-electron chi connectivity index (χ0n) is 18.2. The Labute approximate surface area is 190 Å². The number of fused-ring (bicyclic) bond motifs is 4. The molecule has 2 aliphatic carbocycles. The van der Waals surface area contributed by atoms with Crippen LogP contribution in [0.25, 0.3) is 10.2 Å². The van der Waals surface area contributed by atoms with Gasteiger partial charge in [-0.2, -0.15) is 0 Å². The average Bonchev–Trinajstić information content (AvgIpc) is 3.40. The van der Waals surface area contributed by atoms with Gasteiger partial charge in [-0.25, -0.2) is 4.98 Å². The second kappa shape index (κ2) is 8.62. The first-order valence-electron chi connectivity index (χ1n) is 11.4. The molecular weight excluding hydrogens is 424 g/mol. The lowest BCUT2D eigenvalue weighted by molar-refractivity contribution is -0.146. The standard InChI is InChI=1S/C25H26N2O4S/c1-14(23(29)17-10-9-15-5-4-6-16(15)13-17)31-21(28)12-11-20-26-24(30)22-18-7-2-3-8-19(18)32-25(22)27-20/h9-10,13-14H,2-8,11-12H2,1H3,(H,26,27,30). The van der Waals surface area contributed by atoms with Crippen LogP contribution in [0, 0.1) is 0 Å². The van der Waals surface area contributed by atoms with Crippen molar-refractivity contribution in [1.29, 1.82) is 0 Å². The van der Waals surface area contributed by atoms with E-state index in [0.717, 1.165) is 55.3 Å². The largest absolute Gasteiger partial charge is 0.454 e. The Balaban J connectivity index is 1.22. The first kappa shape index (κ1) is 21.1. The summed E-state index contributed by atoms with van der Waals surface area (Å²) in [6, 6.07) is 5.76. The predicted octanol–water partition coefficient (Wildman–Crippen LogP) is 4.10. The molecule has 5 rings (SSSR count). The second-order valence-electron chi connectivity index (χ2n) is 8.74. The maximum atomic E-state index is 12.7. The highest BCUT2D eigenvalue weighted by atomic mass is 32.1. The lowest BCUT2D eigenvalue weighted by Gasteiger charge is -2.13. The number of Topliss-reactive ketones (excluding diaryl/α,β-unsaturated/α-hetero) is 1. The highest BCUT2D eigenvalue weighted by molar-refractivity contribution is 7.18. The number of ketones is 1. The second-order valence-corrected chi connectivity index (χ2v) is 9.82. The van der Waals surface area contributed by atoms with E-state index in [1.165, 1.54) is 16.0 Å². The molecule has 0 radical (unpaired) electrons. The summed E-state index contributed by atoms with van der Waals surface area (Å²) in [4.78, 5) is 47.2. The molecule has 1 atom stereocenters. The average molecular weight is 451 g/mol. The van der Waals surface area contributed by atoms with Crippen LogP contribution in [0.5, 0.6) is 0 Å². The normalized spacial score (nSPS) is 15.9. The molecule has 0 spiro atoms. The first-order chi connectivity index (χ1) is 15.5. The molecule has 1 N–H and O–H groups in total. The summed E-state index contributed by atoms with van der Waals surface area (Å²) in [5.74, 6) is -0.180. The number of carbonyl (C=O) groups is 2. The number of carbonyl (C=O) groups excluding carboxylic acids is 2. The van der Waals surface area contributed by atoms with E-state index in [1.807, 2.05) is 18.2 Å². The van der Waals surface area contributed by atoms with Gasteiger partial charge in [0.1, 0.15) is 10.7 Å². The SMILES string of the molecule is CC(OC(=O)CCc1nc2sc3c(c2c(=O)[nH]1)CCCC3)C(=O)c1ccc2c(c1)CCC2. The zero-order valence-corrected chi connectivity index (χ0v) is 19.0. The van der Waals surface area contributed by atoms with Crippen molar-refractivity contribution in [1.82, 2.24) is 9.97 Å². The summed E-state index contributed by atoms with van der Waals surface area (Å²) < 4.78 is 5.39. The van der Waals surface area contributed by atoms with E-state index >= 15 is 0 Å². The molecule has 2 heterocycles. The Hall–Kier alpha value is -2.80. The van der Waals surface area contributed by atoms with Gasteiger partial charge in [0, 0.05) is 16.9 Å². The molecule has 0 amide bonds. The molecule has 166 valence electrons. The number of H-pyrrole nitrogens is 1. The third-order valence-corrected chi connectivity index (χ3v) is 7.69. The quantitative estimate of drug-likeness (QED) is 0.451. The van der Waals surface area contributed by atoms with Gasteiger partial charge in [0.05, 0.1) is 11.8 Å². The van der Waals surface area contributed by atoms with Crippen LogP contribution in [-0.2, 0) is 41.6 Å². The minimum atomic E-state index is -0.847. The number of hydrogen-bond donors (Lipinski definition) is 1. The summed E-state index contributed by atoms with van der Waals surface area (Å²) in [6.07, 6.45) is 6.85. The van der Waals surface area contributed by atoms with Crippen LogP contribution >= 0.6 is 11.3 Å². The number of rotatable bonds is 6. The van der Waals surface area contributed by atoms with E-state index in [-0.39, 0.29) is 24.2 Å². The molecule has 0 saturated carbocycles. The maximum Gasteiger partial charge on any atom is 0.306 e. The van der Waals surface area contributed by atoms with Crippen LogP contribution in [-0.4, -0.2) is 27.8 Å². The molecule has 0 fully saturated rings. The Bertz CT molecular complexity index is 1270. The number of aryl methyl sites for hydroxylation is 5. The molecule has 0 bridgehead atoms. The van der Waals surface area contributed by atoms with Crippen LogP contribution < -0.4 is 5.56 Å². The van der Waals surface area contributed by atoms with E-state index in [0.29, 0.717) is 16.8 Å². The summed E-state index contributed by atoms with van der Waals surface area (Å²) in [5.41, 5.74) is 4.13. The molecule has 2 aromatic heterocycles. The summed E-state index contributed by atoms with van der Waals surface area (Å²) in [7, 11) is 0. The first-order valence-corrected chi connectivity index (χ1v) is 12.2. The van der Waals surface area contributed by atoms with Crippen molar-refractivity contribution in [2.45, 2.75) is 70.8 Å². The smallest absolute Gasteiger partial charge is 0.306 e. The van der Waals surface area contributed by atoms with Gasteiger partial charge in [-0.1, -0.05) is 12.1 Å². The van der Waals surface area contributed by atoms with Crippen molar-refractivity contribution in [2.75, 3.05) is 0 Å². The minimum absolute atomic E-state index is 0.0569.